The third kappa shape index (κ3) is 9.24. The van der Waals surface area contributed by atoms with Crippen molar-refractivity contribution in [1.82, 2.24) is 15.8 Å². The van der Waals surface area contributed by atoms with E-state index >= 15 is 0 Å². The molecule has 0 heterocycles. The number of nitrogens with zero attached hydrogens (tertiary/aromatic N) is 1. The van der Waals surface area contributed by atoms with Crippen molar-refractivity contribution in [2.24, 2.45) is 5.41 Å². The number of hydrogen-bond acceptors (Lipinski definition) is 5. The van der Waals surface area contributed by atoms with Crippen LogP contribution >= 0.6 is 0 Å². The minimum atomic E-state index is -0.947. The standard InChI is InChI=1S/C26H37N3O4/c1-19(2)29(28-24(31)26(3,4)5)17-23(30)22(16-20-12-8-6-9-13-20)27-25(32)33-18-21-14-10-7-11-15-21/h6-15,19,22-23,30H,16-18H2,1-5H3,(H,27,32)(H,28,31)/t22-,23-/m0/s1. The molecule has 0 aromatic heterocycles. The summed E-state index contributed by atoms with van der Waals surface area (Å²) in [6.45, 7) is 9.66. The zero-order valence-electron chi connectivity index (χ0n) is 20.2. The molecule has 0 aliphatic carbocycles. The van der Waals surface area contributed by atoms with Crippen LogP contribution in [-0.4, -0.2) is 46.8 Å². The van der Waals surface area contributed by atoms with Crippen LogP contribution in [0.5, 0.6) is 0 Å². The number of benzene rings is 2. The van der Waals surface area contributed by atoms with Crippen LogP contribution in [-0.2, 0) is 22.6 Å². The van der Waals surface area contributed by atoms with Crippen molar-refractivity contribution in [3.05, 3.63) is 71.8 Å². The average Bonchev–Trinajstić information content (AvgIpc) is 2.77. The van der Waals surface area contributed by atoms with E-state index in [1.807, 2.05) is 95.3 Å². The normalized spacial score (nSPS) is 13.5. The molecule has 33 heavy (non-hydrogen) atoms. The Labute approximate surface area is 197 Å². The van der Waals surface area contributed by atoms with Gasteiger partial charge in [0.1, 0.15) is 6.61 Å². The van der Waals surface area contributed by atoms with Crippen molar-refractivity contribution in [1.29, 1.82) is 0 Å². The van der Waals surface area contributed by atoms with Gasteiger partial charge in [0.2, 0.25) is 5.91 Å². The van der Waals surface area contributed by atoms with Crippen molar-refractivity contribution in [2.75, 3.05) is 6.54 Å². The number of carbonyl (C=O) groups excluding carboxylic acids is 2. The molecule has 2 amide bonds. The van der Waals surface area contributed by atoms with Gasteiger partial charge in [0.25, 0.3) is 0 Å². The summed E-state index contributed by atoms with van der Waals surface area (Å²) in [6.07, 6.45) is -1.13. The molecule has 2 rings (SSSR count). The lowest BCUT2D eigenvalue weighted by atomic mass is 9.96. The number of carbonyl (C=O) groups is 2. The van der Waals surface area contributed by atoms with Gasteiger partial charge in [-0.05, 0) is 31.4 Å². The molecule has 0 spiro atoms. The zero-order chi connectivity index (χ0) is 24.4. The van der Waals surface area contributed by atoms with Crippen LogP contribution in [0.1, 0.15) is 45.7 Å². The Morgan fingerprint density at radius 3 is 2.03 bits per heavy atom. The molecule has 2 atom stereocenters. The molecule has 2 aromatic carbocycles. The Balaban J connectivity index is 2.08. The molecule has 0 saturated heterocycles. The van der Waals surface area contributed by atoms with E-state index in [1.165, 1.54) is 0 Å². The van der Waals surface area contributed by atoms with Crippen molar-refractivity contribution in [3.63, 3.8) is 0 Å². The molecular weight excluding hydrogens is 418 g/mol. The first-order chi connectivity index (χ1) is 15.6. The largest absolute Gasteiger partial charge is 0.445 e. The minimum Gasteiger partial charge on any atom is -0.445 e. The lowest BCUT2D eigenvalue weighted by Gasteiger charge is -2.34. The molecule has 0 aliphatic heterocycles. The SMILES string of the molecule is CC(C)N(C[C@H](O)[C@H](Cc1ccccc1)NC(=O)OCc1ccccc1)NC(=O)C(C)(C)C. The van der Waals surface area contributed by atoms with E-state index in [-0.39, 0.29) is 25.1 Å². The number of hydrazine groups is 1. The van der Waals surface area contributed by atoms with Crippen LogP contribution in [0, 0.1) is 5.41 Å². The fourth-order valence-electron chi connectivity index (χ4n) is 3.08. The van der Waals surface area contributed by atoms with Crippen molar-refractivity contribution >= 4 is 12.0 Å². The highest BCUT2D eigenvalue weighted by Gasteiger charge is 2.29. The van der Waals surface area contributed by atoms with Crippen LogP contribution in [0.2, 0.25) is 0 Å². The van der Waals surface area contributed by atoms with Gasteiger partial charge in [-0.3, -0.25) is 10.2 Å². The fraction of sp³-hybridized carbons (Fsp3) is 0.462. The maximum absolute atomic E-state index is 12.5. The lowest BCUT2D eigenvalue weighted by molar-refractivity contribution is -0.135. The molecule has 0 aliphatic rings. The maximum Gasteiger partial charge on any atom is 0.407 e. The number of nitrogens with one attached hydrogen (secondary N) is 2. The Morgan fingerprint density at radius 1 is 0.970 bits per heavy atom. The van der Waals surface area contributed by atoms with Gasteiger partial charge in [-0.1, -0.05) is 81.4 Å². The Kier molecular flexibility index (Phi) is 9.88. The van der Waals surface area contributed by atoms with Crippen molar-refractivity contribution in [3.8, 4) is 0 Å². The number of ether oxygens (including phenoxy) is 1. The third-order valence-corrected chi connectivity index (χ3v) is 5.21. The van der Waals surface area contributed by atoms with Crippen LogP contribution < -0.4 is 10.7 Å². The van der Waals surface area contributed by atoms with Gasteiger partial charge in [0.05, 0.1) is 12.1 Å². The maximum atomic E-state index is 12.5. The van der Waals surface area contributed by atoms with Crippen LogP contribution in [0.25, 0.3) is 0 Å². The Morgan fingerprint density at radius 2 is 1.52 bits per heavy atom. The second-order valence-corrected chi connectivity index (χ2v) is 9.51. The van der Waals surface area contributed by atoms with E-state index in [4.69, 9.17) is 4.74 Å². The molecule has 2 aromatic rings. The number of aliphatic hydroxyl groups excluding tert-OH is 1. The third-order valence-electron chi connectivity index (χ3n) is 5.21. The first kappa shape index (κ1) is 26.4. The fourth-order valence-corrected chi connectivity index (χ4v) is 3.08. The molecule has 0 fully saturated rings. The lowest BCUT2D eigenvalue weighted by Crippen LogP contribution is -2.56. The summed E-state index contributed by atoms with van der Waals surface area (Å²) in [6, 6.07) is 18.4. The van der Waals surface area contributed by atoms with E-state index < -0.39 is 23.7 Å². The van der Waals surface area contributed by atoms with E-state index in [1.54, 1.807) is 5.01 Å². The summed E-state index contributed by atoms with van der Waals surface area (Å²) >= 11 is 0. The molecule has 0 saturated carbocycles. The number of amides is 2. The first-order valence-electron chi connectivity index (χ1n) is 11.3. The minimum absolute atomic E-state index is 0.0478. The number of rotatable bonds is 10. The molecule has 3 N–H and O–H groups in total. The number of aliphatic hydroxyl groups is 1. The molecule has 7 heteroatoms. The zero-order valence-corrected chi connectivity index (χ0v) is 20.2. The molecule has 7 nitrogen and oxygen atoms in total. The van der Waals surface area contributed by atoms with Gasteiger partial charge in [-0.25, -0.2) is 9.80 Å². The van der Waals surface area contributed by atoms with Crippen LogP contribution in [0.15, 0.2) is 60.7 Å². The van der Waals surface area contributed by atoms with Crippen molar-refractivity contribution < 1.29 is 19.4 Å². The van der Waals surface area contributed by atoms with Gasteiger partial charge < -0.3 is 15.2 Å². The van der Waals surface area contributed by atoms with Crippen LogP contribution in [0.4, 0.5) is 4.79 Å². The molecule has 0 unspecified atom stereocenters. The predicted octanol–water partition coefficient (Wildman–Crippen LogP) is 3.67. The topological polar surface area (TPSA) is 90.9 Å². The van der Waals surface area contributed by atoms with E-state index in [0.717, 1.165) is 11.1 Å². The first-order valence-corrected chi connectivity index (χ1v) is 11.3. The Hall–Kier alpha value is -2.90. The smallest absolute Gasteiger partial charge is 0.407 e. The Bertz CT molecular complexity index is 866. The number of hydrogen-bond donors (Lipinski definition) is 3. The second kappa shape index (κ2) is 12.4. The van der Waals surface area contributed by atoms with E-state index in [9.17, 15) is 14.7 Å². The van der Waals surface area contributed by atoms with Crippen molar-refractivity contribution in [2.45, 2.75) is 65.8 Å². The quantitative estimate of drug-likeness (QED) is 0.476. The average molecular weight is 456 g/mol. The summed E-state index contributed by atoms with van der Waals surface area (Å²) in [5, 5.41) is 15.6. The van der Waals surface area contributed by atoms with E-state index in [2.05, 4.69) is 10.7 Å². The van der Waals surface area contributed by atoms with Gasteiger partial charge in [-0.15, -0.1) is 0 Å². The molecule has 0 bridgehead atoms. The van der Waals surface area contributed by atoms with E-state index in [0.29, 0.717) is 6.42 Å². The highest BCUT2D eigenvalue weighted by molar-refractivity contribution is 5.80. The van der Waals surface area contributed by atoms with Gasteiger partial charge in [0, 0.05) is 18.0 Å². The predicted molar refractivity (Wildman–Crippen MR) is 129 cm³/mol. The van der Waals surface area contributed by atoms with Crippen LogP contribution in [0.3, 0.4) is 0 Å². The van der Waals surface area contributed by atoms with Gasteiger partial charge in [0.15, 0.2) is 0 Å². The number of alkyl carbamates (subject to hydrolysis) is 1. The molecular formula is C26H37N3O4. The molecule has 0 radical (unpaired) electrons. The highest BCUT2D eigenvalue weighted by Crippen LogP contribution is 2.14. The summed E-state index contributed by atoms with van der Waals surface area (Å²) in [5.74, 6) is -0.141. The monoisotopic (exact) mass is 455 g/mol. The summed E-state index contributed by atoms with van der Waals surface area (Å²) in [7, 11) is 0. The van der Waals surface area contributed by atoms with Gasteiger partial charge >= 0.3 is 6.09 Å². The summed E-state index contributed by atoms with van der Waals surface area (Å²) in [5.41, 5.74) is 4.18. The highest BCUT2D eigenvalue weighted by atomic mass is 16.5. The second-order valence-electron chi connectivity index (χ2n) is 9.51. The van der Waals surface area contributed by atoms with Gasteiger partial charge in [-0.2, -0.15) is 0 Å². The summed E-state index contributed by atoms with van der Waals surface area (Å²) in [4.78, 5) is 25.0. The summed E-state index contributed by atoms with van der Waals surface area (Å²) < 4.78 is 5.36. The molecule has 180 valence electrons.